The van der Waals surface area contributed by atoms with Crippen LogP contribution in [0.15, 0.2) is 79.0 Å². The number of carbonyl (C=O) groups is 3. The second-order valence-electron chi connectivity index (χ2n) is 19.8. The van der Waals surface area contributed by atoms with Crippen LogP contribution in [0, 0.1) is 22.7 Å². The van der Waals surface area contributed by atoms with Gasteiger partial charge in [0, 0.05) is 55.8 Å². The van der Waals surface area contributed by atoms with Crippen LogP contribution in [0.2, 0.25) is 0 Å². The average Bonchev–Trinajstić information content (AvgIpc) is 3.57. The second-order valence-corrected chi connectivity index (χ2v) is 19.8. The first kappa shape index (κ1) is 42.6. The highest BCUT2D eigenvalue weighted by Crippen LogP contribution is 2.62. The topological polar surface area (TPSA) is 166 Å². The minimum Gasteiger partial charge on any atom is -0.465 e. The molecular formula is C50H62N8O5. The summed E-state index contributed by atoms with van der Waals surface area (Å²) in [4.78, 5) is 53.4. The fourth-order valence-electron chi connectivity index (χ4n) is 11.9. The van der Waals surface area contributed by atoms with Gasteiger partial charge >= 0.3 is 12.2 Å². The monoisotopic (exact) mass is 854 g/mol. The van der Waals surface area contributed by atoms with Gasteiger partial charge in [0.1, 0.15) is 12.4 Å². The van der Waals surface area contributed by atoms with Crippen molar-refractivity contribution in [3.05, 3.63) is 101 Å². The maximum absolute atomic E-state index is 13.4. The Kier molecular flexibility index (Phi) is 11.8. The van der Waals surface area contributed by atoms with Crippen molar-refractivity contribution in [2.45, 2.75) is 83.6 Å². The van der Waals surface area contributed by atoms with Crippen LogP contribution >= 0.6 is 0 Å². The summed E-state index contributed by atoms with van der Waals surface area (Å²) < 4.78 is 5.97. The smallest absolute Gasteiger partial charge is 0.407 e. The number of piperidine rings is 2. The summed E-state index contributed by atoms with van der Waals surface area (Å²) in [6, 6.07) is 25.1. The number of amides is 3. The summed E-state index contributed by atoms with van der Waals surface area (Å²) >= 11 is 0. The molecule has 13 nitrogen and oxygen atoms in total. The van der Waals surface area contributed by atoms with Gasteiger partial charge in [-0.05, 0) is 121 Å². The van der Waals surface area contributed by atoms with Crippen LogP contribution in [0.4, 0.5) is 26.9 Å². The van der Waals surface area contributed by atoms with Crippen LogP contribution < -0.4 is 21.3 Å². The maximum Gasteiger partial charge on any atom is 0.407 e. The molecule has 3 saturated heterocycles. The first-order valence-corrected chi connectivity index (χ1v) is 23.0. The van der Waals surface area contributed by atoms with E-state index in [-0.39, 0.29) is 41.0 Å². The second kappa shape index (κ2) is 17.5. The SMILES string of the molecule is CC(C)(C)C1N(C(=O)O)CC12CC(C(CNC(=O)OCC1c3ccccc3-c3ccccc31)CN1CCC(c3ccc(Nc4nc(N5CCCCC5)cnc4C(N)=O)cc3)CC1)C2. The van der Waals surface area contributed by atoms with Gasteiger partial charge in [-0.15, -0.1) is 0 Å². The largest absolute Gasteiger partial charge is 0.465 e. The lowest BCUT2D eigenvalue weighted by atomic mass is 9.47. The standard InChI is InChI=1S/C50H62N8O5/c1-49(2,3)46-50(31-58(46)48(61)62)25-34(26-50)35(27-53-47(60)63-30-41-39-13-7-5-11-37(39)38-12-6-8-14-40(38)41)29-56-23-19-33(20-24-56)32-15-17-36(18-16-32)54-45-43(44(51)59)52-28-42(55-45)57-21-9-4-10-22-57/h5-8,11-18,28,33-35,41,46H,4,9-10,19-27,29-31H2,1-3H3,(H2,51,59)(H,53,60)(H,54,55)(H,61,62). The summed E-state index contributed by atoms with van der Waals surface area (Å²) in [5, 5.41) is 16.5. The molecule has 4 aromatic rings. The third-order valence-corrected chi connectivity index (χ3v) is 14.7. The normalized spacial score (nSPS) is 23.0. The molecule has 4 fully saturated rings. The lowest BCUT2D eigenvalue weighted by Crippen LogP contribution is -2.74. The van der Waals surface area contributed by atoms with E-state index < -0.39 is 18.1 Å². The number of fused-ring (bicyclic) bond motifs is 3. The number of hydrogen-bond donors (Lipinski definition) is 4. The molecule has 5 N–H and O–H groups in total. The van der Waals surface area contributed by atoms with Crippen molar-refractivity contribution < 1.29 is 24.2 Å². The lowest BCUT2D eigenvalue weighted by molar-refractivity contribution is -0.182. The highest BCUT2D eigenvalue weighted by molar-refractivity contribution is 5.96. The molecule has 3 amide bonds. The zero-order valence-electron chi connectivity index (χ0n) is 36.9. The fraction of sp³-hybridized carbons (Fsp3) is 0.500. The number of benzene rings is 3. The Bertz CT molecular complexity index is 2260. The Labute approximate surface area is 370 Å². The van der Waals surface area contributed by atoms with Gasteiger partial charge in [-0.25, -0.2) is 19.6 Å². The van der Waals surface area contributed by atoms with Gasteiger partial charge in [-0.2, -0.15) is 0 Å². The number of nitrogens with zero attached hydrogens (tertiary/aromatic N) is 5. The highest BCUT2D eigenvalue weighted by Gasteiger charge is 2.65. The molecule has 332 valence electrons. The predicted molar refractivity (Wildman–Crippen MR) is 244 cm³/mol. The third kappa shape index (κ3) is 8.68. The number of hydrogen-bond acceptors (Lipinski definition) is 9. The Morgan fingerprint density at radius 1 is 0.905 bits per heavy atom. The Balaban J connectivity index is 0.827. The van der Waals surface area contributed by atoms with E-state index in [0.29, 0.717) is 30.7 Å². The number of carboxylic acid groups (broad SMARTS) is 1. The summed E-state index contributed by atoms with van der Waals surface area (Å²) in [7, 11) is 0. The molecule has 1 spiro atoms. The first-order valence-electron chi connectivity index (χ1n) is 23.0. The van der Waals surface area contributed by atoms with Crippen LogP contribution in [-0.4, -0.2) is 101 Å². The summed E-state index contributed by atoms with van der Waals surface area (Å²) in [5.74, 6) is 1.49. The molecular weight excluding hydrogens is 793 g/mol. The van der Waals surface area contributed by atoms with E-state index in [1.807, 2.05) is 24.3 Å². The summed E-state index contributed by atoms with van der Waals surface area (Å²) in [6.45, 7) is 12.4. The fourth-order valence-corrected chi connectivity index (χ4v) is 11.9. The van der Waals surface area contributed by atoms with Crippen LogP contribution in [0.1, 0.15) is 105 Å². The van der Waals surface area contributed by atoms with E-state index in [1.54, 1.807) is 11.1 Å². The van der Waals surface area contributed by atoms with E-state index in [1.165, 1.54) is 34.2 Å². The van der Waals surface area contributed by atoms with Crippen molar-refractivity contribution >= 4 is 35.4 Å². The van der Waals surface area contributed by atoms with Gasteiger partial charge < -0.3 is 40.9 Å². The Hall–Kier alpha value is -5.69. The molecule has 9 rings (SSSR count). The Morgan fingerprint density at radius 3 is 2.17 bits per heavy atom. The van der Waals surface area contributed by atoms with Crippen molar-refractivity contribution in [1.82, 2.24) is 25.1 Å². The molecule has 2 atom stereocenters. The highest BCUT2D eigenvalue weighted by atomic mass is 16.5. The number of likely N-dealkylation sites (tertiary alicyclic amines) is 2. The molecule has 2 aliphatic carbocycles. The number of carbonyl (C=O) groups excluding carboxylic acids is 2. The number of primary amides is 1. The average molecular weight is 855 g/mol. The molecule has 0 bridgehead atoms. The molecule has 0 radical (unpaired) electrons. The van der Waals surface area contributed by atoms with Crippen LogP contribution in [0.3, 0.4) is 0 Å². The van der Waals surface area contributed by atoms with Gasteiger partial charge in [0.2, 0.25) is 0 Å². The number of nitrogens with two attached hydrogens (primary N) is 1. The van der Waals surface area contributed by atoms with Gasteiger partial charge in [-0.1, -0.05) is 81.4 Å². The molecule has 13 heteroatoms. The van der Waals surface area contributed by atoms with Crippen molar-refractivity contribution in [3.63, 3.8) is 0 Å². The molecule has 1 saturated carbocycles. The van der Waals surface area contributed by atoms with Crippen molar-refractivity contribution in [1.29, 1.82) is 0 Å². The molecule has 1 aromatic heterocycles. The molecule has 3 aliphatic heterocycles. The van der Waals surface area contributed by atoms with Crippen LogP contribution in [0.5, 0.6) is 0 Å². The van der Waals surface area contributed by atoms with Gasteiger partial charge in [-0.3, -0.25) is 4.79 Å². The number of rotatable bonds is 12. The summed E-state index contributed by atoms with van der Waals surface area (Å²) in [5.41, 5.74) is 12.5. The van der Waals surface area contributed by atoms with E-state index >= 15 is 0 Å². The van der Waals surface area contributed by atoms with E-state index in [9.17, 15) is 19.5 Å². The van der Waals surface area contributed by atoms with Crippen LogP contribution in [0.25, 0.3) is 11.1 Å². The quantitative estimate of drug-likeness (QED) is 0.109. The van der Waals surface area contributed by atoms with E-state index in [0.717, 1.165) is 82.8 Å². The number of nitrogens with one attached hydrogen (secondary N) is 2. The third-order valence-electron chi connectivity index (χ3n) is 14.7. The van der Waals surface area contributed by atoms with Crippen LogP contribution in [-0.2, 0) is 4.74 Å². The van der Waals surface area contributed by atoms with Crippen molar-refractivity contribution in [2.24, 2.45) is 28.4 Å². The van der Waals surface area contributed by atoms with Gasteiger partial charge in [0.05, 0.1) is 6.20 Å². The molecule has 3 aromatic carbocycles. The molecule has 5 aliphatic rings. The van der Waals surface area contributed by atoms with E-state index in [4.69, 9.17) is 15.5 Å². The van der Waals surface area contributed by atoms with Crippen molar-refractivity contribution in [3.8, 4) is 11.1 Å². The maximum atomic E-state index is 13.4. The van der Waals surface area contributed by atoms with Gasteiger partial charge in [0.25, 0.3) is 5.91 Å². The van der Waals surface area contributed by atoms with E-state index in [2.05, 4.69) is 94.7 Å². The molecule has 63 heavy (non-hydrogen) atoms. The van der Waals surface area contributed by atoms with Gasteiger partial charge in [0.15, 0.2) is 11.5 Å². The lowest BCUT2D eigenvalue weighted by Gasteiger charge is -2.68. The number of ether oxygens (including phenoxy) is 1. The predicted octanol–water partition coefficient (Wildman–Crippen LogP) is 8.45. The number of anilines is 3. The molecule has 4 heterocycles. The van der Waals surface area contributed by atoms with Crippen molar-refractivity contribution in [2.75, 3.05) is 62.6 Å². The summed E-state index contributed by atoms with van der Waals surface area (Å²) in [6.07, 6.45) is 7.79. The zero-order valence-corrected chi connectivity index (χ0v) is 36.9. The molecule has 2 unspecified atom stereocenters. The number of aromatic nitrogens is 2. The minimum absolute atomic E-state index is 0.00489. The minimum atomic E-state index is -0.837. The number of alkyl carbamates (subject to hydrolysis) is 1. The Morgan fingerprint density at radius 2 is 1.56 bits per heavy atom. The first-order chi connectivity index (χ1) is 30.4. The zero-order chi connectivity index (χ0) is 43.9.